The van der Waals surface area contributed by atoms with E-state index >= 15 is 0 Å². The van der Waals surface area contributed by atoms with E-state index in [1.165, 1.54) is 0 Å². The van der Waals surface area contributed by atoms with E-state index < -0.39 is 0 Å². The largest absolute Gasteiger partial charge is 0.339 e. The number of nitrogens with zero attached hydrogens (tertiary/aromatic N) is 3. The summed E-state index contributed by atoms with van der Waals surface area (Å²) in [6.07, 6.45) is 2.35. The predicted molar refractivity (Wildman–Crippen MR) is 92.6 cm³/mol. The van der Waals surface area contributed by atoms with Crippen molar-refractivity contribution >= 4 is 5.91 Å². The normalized spacial score (nSPS) is 17.5. The van der Waals surface area contributed by atoms with Crippen LogP contribution in [-0.2, 0) is 6.42 Å². The van der Waals surface area contributed by atoms with Gasteiger partial charge < -0.3 is 14.4 Å². The molecule has 0 radical (unpaired) electrons. The van der Waals surface area contributed by atoms with Crippen LogP contribution in [0.5, 0.6) is 0 Å². The van der Waals surface area contributed by atoms with Crippen LogP contribution in [-0.4, -0.2) is 32.5 Å². The van der Waals surface area contributed by atoms with Gasteiger partial charge in [-0.05, 0) is 37.8 Å². The first-order chi connectivity index (χ1) is 11.9. The number of rotatable bonds is 4. The monoisotopic (exact) mass is 344 g/mol. The van der Waals surface area contributed by atoms with Crippen molar-refractivity contribution in [3.8, 4) is 0 Å². The van der Waals surface area contributed by atoms with Crippen molar-refractivity contribution in [3.63, 3.8) is 0 Å². The van der Waals surface area contributed by atoms with Gasteiger partial charge in [-0.2, -0.15) is 4.98 Å². The highest BCUT2D eigenvalue weighted by Gasteiger charge is 2.35. The first-order valence-corrected chi connectivity index (χ1v) is 8.79. The molecule has 0 spiro atoms. The number of aryl methyl sites for hydroxylation is 2. The summed E-state index contributed by atoms with van der Waals surface area (Å²) in [5, 5.41) is 4.05. The number of nitrogens with one attached hydrogen (secondary N) is 1. The molecule has 3 rings (SSSR count). The highest BCUT2D eigenvalue weighted by Crippen LogP contribution is 2.31. The van der Waals surface area contributed by atoms with Crippen LogP contribution in [0.2, 0.25) is 0 Å². The summed E-state index contributed by atoms with van der Waals surface area (Å²) in [5.74, 6) is 0.951. The topological polar surface area (TPSA) is 92.1 Å². The maximum atomic E-state index is 13.0. The second-order valence-electron chi connectivity index (χ2n) is 6.83. The van der Waals surface area contributed by atoms with E-state index in [9.17, 15) is 9.59 Å². The van der Waals surface area contributed by atoms with Crippen LogP contribution in [0, 0.1) is 6.92 Å². The van der Waals surface area contributed by atoms with Gasteiger partial charge >= 0.3 is 0 Å². The molecule has 1 fully saturated rings. The lowest BCUT2D eigenvalue weighted by molar-refractivity contribution is 0.0726. The molecule has 1 saturated heterocycles. The number of aromatic nitrogens is 3. The maximum absolute atomic E-state index is 13.0. The average molecular weight is 344 g/mol. The van der Waals surface area contributed by atoms with E-state index in [0.29, 0.717) is 18.3 Å². The van der Waals surface area contributed by atoms with Gasteiger partial charge in [0.25, 0.3) is 11.5 Å². The highest BCUT2D eigenvalue weighted by molar-refractivity contribution is 5.94. The summed E-state index contributed by atoms with van der Waals surface area (Å²) < 4.78 is 5.28. The Labute approximate surface area is 146 Å². The van der Waals surface area contributed by atoms with E-state index in [2.05, 4.69) is 15.1 Å². The van der Waals surface area contributed by atoms with Gasteiger partial charge in [-0.25, -0.2) is 0 Å². The standard InChI is InChI=1S/C18H24N4O3/c1-5-13-11(4)9-12(16(23)19-13)18(24)22-8-6-7-14(22)15-20-17(10(2)3)25-21-15/h9-10,14H,5-8H2,1-4H3,(H,19,23). The Morgan fingerprint density at radius 1 is 1.48 bits per heavy atom. The smallest absolute Gasteiger partial charge is 0.261 e. The number of carbonyl (C=O) groups is 1. The average Bonchev–Trinajstić information content (AvgIpc) is 3.24. The van der Waals surface area contributed by atoms with Crippen molar-refractivity contribution in [1.82, 2.24) is 20.0 Å². The fourth-order valence-corrected chi connectivity index (χ4v) is 3.25. The van der Waals surface area contributed by atoms with Gasteiger partial charge in [0.05, 0.1) is 6.04 Å². The molecule has 2 aromatic heterocycles. The SMILES string of the molecule is CCc1[nH]c(=O)c(C(=O)N2CCCC2c2noc(C(C)C)n2)cc1C. The second kappa shape index (κ2) is 6.82. The van der Waals surface area contributed by atoms with Gasteiger partial charge in [0.15, 0.2) is 5.82 Å². The molecule has 2 aromatic rings. The highest BCUT2D eigenvalue weighted by atomic mass is 16.5. The van der Waals surface area contributed by atoms with Crippen molar-refractivity contribution in [2.24, 2.45) is 0 Å². The number of pyridine rings is 1. The molecular weight excluding hydrogens is 320 g/mol. The molecule has 7 nitrogen and oxygen atoms in total. The fourth-order valence-electron chi connectivity index (χ4n) is 3.25. The molecule has 0 aliphatic carbocycles. The third-order valence-electron chi connectivity index (χ3n) is 4.69. The number of amides is 1. The Morgan fingerprint density at radius 3 is 2.88 bits per heavy atom. The van der Waals surface area contributed by atoms with Crippen molar-refractivity contribution < 1.29 is 9.32 Å². The quantitative estimate of drug-likeness (QED) is 0.920. The third kappa shape index (κ3) is 3.23. The van der Waals surface area contributed by atoms with Gasteiger partial charge in [0.2, 0.25) is 5.89 Å². The minimum atomic E-state index is -0.339. The Kier molecular flexibility index (Phi) is 4.74. The van der Waals surface area contributed by atoms with Crippen molar-refractivity contribution in [1.29, 1.82) is 0 Å². The zero-order chi connectivity index (χ0) is 18.1. The zero-order valence-electron chi connectivity index (χ0n) is 15.1. The lowest BCUT2D eigenvalue weighted by Gasteiger charge is -2.22. The Hall–Kier alpha value is -2.44. The Bertz CT molecular complexity index is 837. The third-order valence-corrected chi connectivity index (χ3v) is 4.69. The molecule has 0 aromatic carbocycles. The second-order valence-corrected chi connectivity index (χ2v) is 6.83. The van der Waals surface area contributed by atoms with E-state index in [4.69, 9.17) is 4.52 Å². The van der Waals surface area contributed by atoms with E-state index in [0.717, 1.165) is 30.5 Å². The Balaban J connectivity index is 1.90. The van der Waals surface area contributed by atoms with Crippen LogP contribution in [0.4, 0.5) is 0 Å². The maximum Gasteiger partial charge on any atom is 0.261 e. The van der Waals surface area contributed by atoms with Crippen LogP contribution >= 0.6 is 0 Å². The lowest BCUT2D eigenvalue weighted by Crippen LogP contribution is -2.35. The summed E-state index contributed by atoms with van der Waals surface area (Å²) in [5.41, 5.74) is 1.62. The summed E-state index contributed by atoms with van der Waals surface area (Å²) in [4.78, 5) is 34.2. The van der Waals surface area contributed by atoms with E-state index in [1.54, 1.807) is 11.0 Å². The molecule has 0 bridgehead atoms. The van der Waals surface area contributed by atoms with Gasteiger partial charge in [0.1, 0.15) is 5.56 Å². The number of carbonyl (C=O) groups excluding carboxylic acids is 1. The van der Waals surface area contributed by atoms with Crippen LogP contribution in [0.3, 0.4) is 0 Å². The zero-order valence-corrected chi connectivity index (χ0v) is 15.1. The summed E-state index contributed by atoms with van der Waals surface area (Å²) in [6, 6.07) is 1.44. The molecule has 1 aliphatic rings. The summed E-state index contributed by atoms with van der Waals surface area (Å²) in [6.45, 7) is 8.42. The van der Waals surface area contributed by atoms with Crippen LogP contribution in [0.25, 0.3) is 0 Å². The van der Waals surface area contributed by atoms with Crippen molar-refractivity contribution in [3.05, 3.63) is 45.0 Å². The molecule has 1 N–H and O–H groups in total. The number of hydrogen-bond acceptors (Lipinski definition) is 5. The minimum Gasteiger partial charge on any atom is -0.339 e. The molecule has 1 unspecified atom stereocenters. The van der Waals surface area contributed by atoms with E-state index in [1.807, 2.05) is 27.7 Å². The van der Waals surface area contributed by atoms with Gasteiger partial charge in [-0.3, -0.25) is 9.59 Å². The number of hydrogen-bond donors (Lipinski definition) is 1. The molecule has 1 atom stereocenters. The van der Waals surface area contributed by atoms with Crippen LogP contribution < -0.4 is 5.56 Å². The number of likely N-dealkylation sites (tertiary alicyclic amines) is 1. The molecule has 3 heterocycles. The van der Waals surface area contributed by atoms with E-state index in [-0.39, 0.29) is 29.0 Å². The summed E-state index contributed by atoms with van der Waals surface area (Å²) in [7, 11) is 0. The van der Waals surface area contributed by atoms with Crippen LogP contribution in [0.1, 0.15) is 78.9 Å². The Morgan fingerprint density at radius 2 is 2.24 bits per heavy atom. The van der Waals surface area contributed by atoms with Gasteiger partial charge in [0, 0.05) is 18.2 Å². The van der Waals surface area contributed by atoms with Crippen molar-refractivity contribution in [2.75, 3.05) is 6.54 Å². The predicted octanol–water partition coefficient (Wildman–Crippen LogP) is 2.73. The molecule has 1 amide bonds. The molecule has 1 aliphatic heterocycles. The van der Waals surface area contributed by atoms with Crippen molar-refractivity contribution in [2.45, 2.75) is 58.9 Å². The van der Waals surface area contributed by atoms with Crippen LogP contribution in [0.15, 0.2) is 15.4 Å². The van der Waals surface area contributed by atoms with Gasteiger partial charge in [-0.15, -0.1) is 0 Å². The molecular formula is C18H24N4O3. The van der Waals surface area contributed by atoms with Gasteiger partial charge in [-0.1, -0.05) is 25.9 Å². The molecule has 7 heteroatoms. The molecule has 25 heavy (non-hydrogen) atoms. The minimum absolute atomic E-state index is 0.138. The number of H-pyrrole nitrogens is 1. The molecule has 0 saturated carbocycles. The number of aromatic amines is 1. The fraction of sp³-hybridized carbons (Fsp3) is 0.556. The first-order valence-electron chi connectivity index (χ1n) is 8.79. The first kappa shape index (κ1) is 17.4. The molecule has 134 valence electrons. The lowest BCUT2D eigenvalue weighted by atomic mass is 10.1. The summed E-state index contributed by atoms with van der Waals surface area (Å²) >= 11 is 0.